The van der Waals surface area contributed by atoms with Crippen LogP contribution in [-0.4, -0.2) is 28.6 Å². The standard InChI is InChI=1S/C12H12ClFN4O2/c1-3-15-10-16-11(19-2)18-12(17-10)20-7-4-5-9(14)8(13)6-7/h4-6H,3H2,1-2H3,(H,15,16,17,18). The van der Waals surface area contributed by atoms with Crippen LogP contribution in [0.5, 0.6) is 17.8 Å². The molecule has 1 aromatic carbocycles. The van der Waals surface area contributed by atoms with Gasteiger partial charge in [0, 0.05) is 12.6 Å². The number of hydrogen-bond acceptors (Lipinski definition) is 6. The molecule has 0 spiro atoms. The minimum absolute atomic E-state index is 0.0236. The van der Waals surface area contributed by atoms with Crippen LogP contribution in [0.1, 0.15) is 6.92 Å². The molecule has 1 aromatic heterocycles. The monoisotopic (exact) mass is 298 g/mol. The van der Waals surface area contributed by atoms with Crippen molar-refractivity contribution in [2.75, 3.05) is 19.0 Å². The summed E-state index contributed by atoms with van der Waals surface area (Å²) in [6, 6.07) is 4.08. The van der Waals surface area contributed by atoms with Gasteiger partial charge in [0.1, 0.15) is 11.6 Å². The number of hydrogen-bond donors (Lipinski definition) is 1. The van der Waals surface area contributed by atoms with Crippen molar-refractivity contribution in [1.82, 2.24) is 15.0 Å². The number of anilines is 1. The molecule has 0 amide bonds. The molecule has 20 heavy (non-hydrogen) atoms. The van der Waals surface area contributed by atoms with Gasteiger partial charge in [-0.3, -0.25) is 0 Å². The fourth-order valence-corrected chi connectivity index (χ4v) is 1.53. The van der Waals surface area contributed by atoms with Gasteiger partial charge in [0.25, 0.3) is 0 Å². The second kappa shape index (κ2) is 6.33. The third-order valence-corrected chi connectivity index (χ3v) is 2.50. The first-order valence-electron chi connectivity index (χ1n) is 5.79. The summed E-state index contributed by atoms with van der Waals surface area (Å²) in [5, 5.41) is 2.87. The predicted molar refractivity (Wildman–Crippen MR) is 72.0 cm³/mol. The smallest absolute Gasteiger partial charge is 0.330 e. The summed E-state index contributed by atoms with van der Waals surface area (Å²) in [5.74, 6) is 0.107. The van der Waals surface area contributed by atoms with Gasteiger partial charge in [-0.05, 0) is 19.1 Å². The van der Waals surface area contributed by atoms with Crippen LogP contribution in [0.15, 0.2) is 18.2 Å². The van der Waals surface area contributed by atoms with Crippen LogP contribution in [0, 0.1) is 5.82 Å². The minimum atomic E-state index is -0.527. The normalized spacial score (nSPS) is 10.2. The molecule has 0 saturated heterocycles. The molecule has 0 bridgehead atoms. The average Bonchev–Trinajstić information content (AvgIpc) is 2.43. The lowest BCUT2D eigenvalue weighted by atomic mass is 10.3. The third kappa shape index (κ3) is 3.45. The Hall–Kier alpha value is -2.15. The Kier molecular flexibility index (Phi) is 4.52. The molecule has 0 aliphatic rings. The highest BCUT2D eigenvalue weighted by Gasteiger charge is 2.09. The van der Waals surface area contributed by atoms with E-state index in [1.807, 2.05) is 6.92 Å². The van der Waals surface area contributed by atoms with E-state index >= 15 is 0 Å². The number of rotatable bonds is 5. The maximum atomic E-state index is 13.1. The highest BCUT2D eigenvalue weighted by Crippen LogP contribution is 2.25. The van der Waals surface area contributed by atoms with Crippen molar-refractivity contribution in [3.63, 3.8) is 0 Å². The highest BCUT2D eigenvalue weighted by molar-refractivity contribution is 6.30. The summed E-state index contributed by atoms with van der Waals surface area (Å²) in [7, 11) is 1.43. The number of benzene rings is 1. The van der Waals surface area contributed by atoms with Gasteiger partial charge in [-0.2, -0.15) is 9.97 Å². The first-order valence-corrected chi connectivity index (χ1v) is 6.17. The van der Waals surface area contributed by atoms with Gasteiger partial charge in [-0.1, -0.05) is 11.6 Å². The van der Waals surface area contributed by atoms with Crippen molar-refractivity contribution in [2.45, 2.75) is 6.92 Å². The molecule has 1 N–H and O–H groups in total. The summed E-state index contributed by atoms with van der Waals surface area (Å²) < 4.78 is 23.4. The molecule has 0 aliphatic carbocycles. The lowest BCUT2D eigenvalue weighted by molar-refractivity contribution is 0.360. The van der Waals surface area contributed by atoms with Gasteiger partial charge in [0.15, 0.2) is 0 Å². The molecule has 106 valence electrons. The van der Waals surface area contributed by atoms with Gasteiger partial charge in [0.2, 0.25) is 5.95 Å². The summed E-state index contributed by atoms with van der Waals surface area (Å²) in [6.45, 7) is 2.53. The molecule has 0 saturated carbocycles. The summed E-state index contributed by atoms with van der Waals surface area (Å²) in [4.78, 5) is 12.0. The number of aromatic nitrogens is 3. The maximum absolute atomic E-state index is 13.1. The van der Waals surface area contributed by atoms with Crippen molar-refractivity contribution in [1.29, 1.82) is 0 Å². The van der Waals surface area contributed by atoms with Crippen molar-refractivity contribution in [2.24, 2.45) is 0 Å². The number of methoxy groups -OCH3 is 1. The Morgan fingerprint density at radius 1 is 1.25 bits per heavy atom. The molecule has 0 fully saturated rings. The molecule has 8 heteroatoms. The zero-order chi connectivity index (χ0) is 14.5. The predicted octanol–water partition coefficient (Wildman–Crippen LogP) is 2.90. The van der Waals surface area contributed by atoms with Gasteiger partial charge >= 0.3 is 12.0 Å². The number of nitrogens with zero attached hydrogens (tertiary/aromatic N) is 3. The Labute approximate surface area is 119 Å². The molecule has 0 radical (unpaired) electrons. The summed E-state index contributed by atoms with van der Waals surface area (Å²) >= 11 is 5.67. The van der Waals surface area contributed by atoms with E-state index in [1.165, 1.54) is 25.3 Å². The lowest BCUT2D eigenvalue weighted by Gasteiger charge is -2.08. The molecule has 1 heterocycles. The lowest BCUT2D eigenvalue weighted by Crippen LogP contribution is -2.06. The molecular formula is C12H12ClFN4O2. The molecule has 0 atom stereocenters. The number of halogens is 2. The van der Waals surface area contributed by atoms with E-state index in [2.05, 4.69) is 20.3 Å². The molecule has 2 rings (SSSR count). The van der Waals surface area contributed by atoms with Gasteiger partial charge in [-0.25, -0.2) is 4.39 Å². The Balaban J connectivity index is 2.27. The van der Waals surface area contributed by atoms with E-state index in [0.717, 1.165) is 0 Å². The van der Waals surface area contributed by atoms with E-state index in [0.29, 0.717) is 18.2 Å². The van der Waals surface area contributed by atoms with Crippen molar-refractivity contribution in [3.8, 4) is 17.8 Å². The first kappa shape index (κ1) is 14.3. The van der Waals surface area contributed by atoms with Gasteiger partial charge in [0.05, 0.1) is 12.1 Å². The van der Waals surface area contributed by atoms with E-state index in [4.69, 9.17) is 21.1 Å². The van der Waals surface area contributed by atoms with Crippen LogP contribution in [0.25, 0.3) is 0 Å². The summed E-state index contributed by atoms with van der Waals surface area (Å²) in [6.07, 6.45) is 0. The van der Waals surface area contributed by atoms with Crippen LogP contribution < -0.4 is 14.8 Å². The topological polar surface area (TPSA) is 69.2 Å². The van der Waals surface area contributed by atoms with E-state index in [9.17, 15) is 4.39 Å². The average molecular weight is 299 g/mol. The second-order valence-corrected chi connectivity index (χ2v) is 4.04. The fraction of sp³-hybridized carbons (Fsp3) is 0.250. The van der Waals surface area contributed by atoms with Crippen LogP contribution >= 0.6 is 11.6 Å². The fourth-order valence-electron chi connectivity index (χ4n) is 1.36. The van der Waals surface area contributed by atoms with Crippen LogP contribution in [-0.2, 0) is 0 Å². The second-order valence-electron chi connectivity index (χ2n) is 3.64. The zero-order valence-corrected chi connectivity index (χ0v) is 11.6. The third-order valence-electron chi connectivity index (χ3n) is 2.21. The Bertz CT molecular complexity index is 612. The molecule has 0 aliphatic heterocycles. The summed E-state index contributed by atoms with van der Waals surface area (Å²) in [5.41, 5.74) is 0. The maximum Gasteiger partial charge on any atom is 0.330 e. The van der Waals surface area contributed by atoms with E-state index in [-0.39, 0.29) is 17.0 Å². The largest absolute Gasteiger partial charge is 0.467 e. The van der Waals surface area contributed by atoms with Crippen molar-refractivity contribution >= 4 is 17.5 Å². The minimum Gasteiger partial charge on any atom is -0.467 e. The Morgan fingerprint density at radius 3 is 2.65 bits per heavy atom. The molecule has 6 nitrogen and oxygen atoms in total. The van der Waals surface area contributed by atoms with Crippen molar-refractivity contribution < 1.29 is 13.9 Å². The van der Waals surface area contributed by atoms with Gasteiger partial charge < -0.3 is 14.8 Å². The quantitative estimate of drug-likeness (QED) is 0.915. The van der Waals surface area contributed by atoms with E-state index in [1.54, 1.807) is 0 Å². The SMILES string of the molecule is CCNc1nc(OC)nc(Oc2ccc(F)c(Cl)c2)n1. The Morgan fingerprint density at radius 2 is 2.00 bits per heavy atom. The van der Waals surface area contributed by atoms with Gasteiger partial charge in [-0.15, -0.1) is 4.98 Å². The van der Waals surface area contributed by atoms with Crippen LogP contribution in [0.3, 0.4) is 0 Å². The van der Waals surface area contributed by atoms with Crippen LogP contribution in [0.2, 0.25) is 5.02 Å². The zero-order valence-electron chi connectivity index (χ0n) is 10.9. The number of nitrogens with one attached hydrogen (secondary N) is 1. The van der Waals surface area contributed by atoms with Crippen molar-refractivity contribution in [3.05, 3.63) is 29.0 Å². The number of ether oxygens (including phenoxy) is 2. The first-order chi connectivity index (χ1) is 9.62. The van der Waals surface area contributed by atoms with Crippen LogP contribution in [0.4, 0.5) is 10.3 Å². The molecule has 0 unspecified atom stereocenters. The highest BCUT2D eigenvalue weighted by atomic mass is 35.5. The molecular weight excluding hydrogens is 287 g/mol. The molecule has 2 aromatic rings. The van der Waals surface area contributed by atoms with E-state index < -0.39 is 5.82 Å².